The summed E-state index contributed by atoms with van der Waals surface area (Å²) >= 11 is 0. The number of benzene rings is 1. The van der Waals surface area contributed by atoms with Crippen LogP contribution in [0.25, 0.3) is 11.3 Å². The molecule has 0 radical (unpaired) electrons. The molecule has 8 heteroatoms. The molecular weight excluding hydrogens is 330 g/mol. The minimum absolute atomic E-state index is 0.0740. The first-order chi connectivity index (χ1) is 12.1. The maximum absolute atomic E-state index is 14.1. The summed E-state index contributed by atoms with van der Waals surface area (Å²) in [5, 5.41) is 6.98. The normalized spacial score (nSPS) is 17.5. The molecule has 0 spiro atoms. The Labute approximate surface area is 143 Å². The average Bonchev–Trinajstić information content (AvgIpc) is 3.05. The van der Waals surface area contributed by atoms with E-state index >= 15 is 0 Å². The second kappa shape index (κ2) is 6.44. The predicted molar refractivity (Wildman–Crippen MR) is 85.8 cm³/mol. The van der Waals surface area contributed by atoms with Crippen molar-refractivity contribution in [1.29, 1.82) is 0 Å². The summed E-state index contributed by atoms with van der Waals surface area (Å²) in [6.45, 7) is 3.00. The van der Waals surface area contributed by atoms with Gasteiger partial charge in [-0.2, -0.15) is 5.10 Å². The quantitative estimate of drug-likeness (QED) is 0.859. The van der Waals surface area contributed by atoms with Gasteiger partial charge in [-0.3, -0.25) is 5.10 Å². The number of morpholine rings is 1. The van der Waals surface area contributed by atoms with E-state index in [2.05, 4.69) is 10.2 Å². The van der Waals surface area contributed by atoms with E-state index in [9.17, 15) is 13.6 Å². The lowest BCUT2D eigenvalue weighted by atomic mass is 10.0. The number of rotatable bonds is 1. The molecule has 1 aromatic heterocycles. The third-order valence-corrected chi connectivity index (χ3v) is 4.69. The van der Waals surface area contributed by atoms with Crippen LogP contribution in [0, 0.1) is 11.6 Å². The minimum Gasteiger partial charge on any atom is -0.378 e. The second-order valence-electron chi connectivity index (χ2n) is 6.18. The fourth-order valence-corrected chi connectivity index (χ4v) is 3.34. The van der Waals surface area contributed by atoms with Crippen molar-refractivity contribution in [3.8, 4) is 11.3 Å². The van der Waals surface area contributed by atoms with Crippen LogP contribution in [-0.2, 0) is 17.7 Å². The SMILES string of the molecule is O=C(N1CCOCC1)N1CCc2[nH]nc(-c3c(F)cccc3F)c2C1. The highest BCUT2D eigenvalue weighted by Crippen LogP contribution is 2.32. The first kappa shape index (κ1) is 16.0. The van der Waals surface area contributed by atoms with E-state index in [1.165, 1.54) is 18.2 Å². The second-order valence-corrected chi connectivity index (χ2v) is 6.18. The topological polar surface area (TPSA) is 61.5 Å². The van der Waals surface area contributed by atoms with Crippen molar-refractivity contribution in [2.75, 3.05) is 32.8 Å². The van der Waals surface area contributed by atoms with Crippen LogP contribution in [0.2, 0.25) is 0 Å². The van der Waals surface area contributed by atoms with Gasteiger partial charge < -0.3 is 14.5 Å². The van der Waals surface area contributed by atoms with E-state index in [1.807, 2.05) is 0 Å². The van der Waals surface area contributed by atoms with E-state index in [4.69, 9.17) is 4.74 Å². The standard InChI is InChI=1S/C17H18F2N4O2/c18-12-2-1-3-13(19)15(12)16-11-10-23(5-4-14(11)20-21-16)17(24)22-6-8-25-9-7-22/h1-3H,4-10H2,(H,20,21). The number of H-pyrrole nitrogens is 1. The number of carbonyl (C=O) groups excluding carboxylic acids is 1. The lowest BCUT2D eigenvalue weighted by Crippen LogP contribution is -2.49. The summed E-state index contributed by atoms with van der Waals surface area (Å²) in [4.78, 5) is 16.1. The average molecular weight is 348 g/mol. The van der Waals surface area contributed by atoms with Gasteiger partial charge in [0.1, 0.15) is 17.3 Å². The Balaban J connectivity index is 1.63. The molecule has 6 nitrogen and oxygen atoms in total. The molecule has 1 N–H and O–H groups in total. The van der Waals surface area contributed by atoms with E-state index in [0.717, 1.165) is 5.69 Å². The van der Waals surface area contributed by atoms with E-state index in [1.54, 1.807) is 9.80 Å². The molecule has 2 aliphatic rings. The van der Waals surface area contributed by atoms with Gasteiger partial charge in [0.2, 0.25) is 0 Å². The van der Waals surface area contributed by atoms with Crippen molar-refractivity contribution in [2.24, 2.45) is 0 Å². The molecule has 2 aliphatic heterocycles. The van der Waals surface area contributed by atoms with E-state index < -0.39 is 11.6 Å². The van der Waals surface area contributed by atoms with Gasteiger partial charge in [-0.1, -0.05) is 6.07 Å². The summed E-state index contributed by atoms with van der Waals surface area (Å²) in [5.41, 5.74) is 1.59. The van der Waals surface area contributed by atoms with Crippen molar-refractivity contribution in [2.45, 2.75) is 13.0 Å². The number of nitrogens with zero attached hydrogens (tertiary/aromatic N) is 3. The van der Waals surface area contributed by atoms with Crippen molar-refractivity contribution >= 4 is 6.03 Å². The highest BCUT2D eigenvalue weighted by atomic mass is 19.1. The van der Waals surface area contributed by atoms with Crippen LogP contribution in [0.5, 0.6) is 0 Å². The maximum Gasteiger partial charge on any atom is 0.320 e. The molecule has 0 atom stereocenters. The molecule has 2 aromatic rings. The fraction of sp³-hybridized carbons (Fsp3) is 0.412. The summed E-state index contributed by atoms with van der Waals surface area (Å²) in [6.07, 6.45) is 0.578. The Morgan fingerprint density at radius 1 is 1.12 bits per heavy atom. The summed E-state index contributed by atoms with van der Waals surface area (Å²) in [5.74, 6) is -1.32. The molecule has 1 fully saturated rings. The van der Waals surface area contributed by atoms with Gasteiger partial charge in [-0.25, -0.2) is 13.6 Å². The van der Waals surface area contributed by atoms with Crippen LogP contribution >= 0.6 is 0 Å². The van der Waals surface area contributed by atoms with Crippen LogP contribution in [0.4, 0.5) is 13.6 Å². The molecule has 25 heavy (non-hydrogen) atoms. The van der Waals surface area contributed by atoms with Crippen LogP contribution in [0.3, 0.4) is 0 Å². The van der Waals surface area contributed by atoms with Crippen molar-refractivity contribution in [3.63, 3.8) is 0 Å². The number of hydrogen-bond acceptors (Lipinski definition) is 3. The van der Waals surface area contributed by atoms with Gasteiger partial charge >= 0.3 is 6.03 Å². The number of halogens is 2. The maximum atomic E-state index is 14.1. The smallest absolute Gasteiger partial charge is 0.320 e. The molecule has 0 saturated carbocycles. The molecule has 2 amide bonds. The Bertz CT molecular complexity index is 782. The molecule has 0 bridgehead atoms. The molecule has 0 unspecified atom stereocenters. The number of aromatic amines is 1. The number of aromatic nitrogens is 2. The van der Waals surface area contributed by atoms with Gasteiger partial charge in [0, 0.05) is 37.3 Å². The van der Waals surface area contributed by atoms with Gasteiger partial charge in [-0.15, -0.1) is 0 Å². The first-order valence-electron chi connectivity index (χ1n) is 8.27. The highest BCUT2D eigenvalue weighted by molar-refractivity contribution is 5.76. The van der Waals surface area contributed by atoms with Crippen LogP contribution in [0.15, 0.2) is 18.2 Å². The summed E-state index contributed by atoms with van der Waals surface area (Å²) in [7, 11) is 0. The molecule has 1 saturated heterocycles. The van der Waals surface area contributed by atoms with E-state index in [-0.39, 0.29) is 23.8 Å². The molecular formula is C17H18F2N4O2. The molecule has 1 aromatic carbocycles. The molecule has 3 heterocycles. The van der Waals surface area contributed by atoms with Gasteiger partial charge in [0.05, 0.1) is 25.3 Å². The molecule has 4 rings (SSSR count). The Morgan fingerprint density at radius 2 is 1.84 bits per heavy atom. The molecule has 132 valence electrons. The number of carbonyl (C=O) groups is 1. The first-order valence-corrected chi connectivity index (χ1v) is 8.27. The number of fused-ring (bicyclic) bond motifs is 1. The lowest BCUT2D eigenvalue weighted by molar-refractivity contribution is 0.0421. The zero-order valence-electron chi connectivity index (χ0n) is 13.6. The largest absolute Gasteiger partial charge is 0.378 e. The number of amides is 2. The van der Waals surface area contributed by atoms with Crippen LogP contribution in [0.1, 0.15) is 11.3 Å². The summed E-state index contributed by atoms with van der Waals surface area (Å²) < 4.78 is 33.5. The third kappa shape index (κ3) is 2.86. The lowest BCUT2D eigenvalue weighted by Gasteiger charge is -2.34. The zero-order valence-corrected chi connectivity index (χ0v) is 13.6. The van der Waals surface area contributed by atoms with Crippen molar-refractivity contribution in [3.05, 3.63) is 41.1 Å². The Kier molecular flexibility index (Phi) is 4.12. The van der Waals surface area contributed by atoms with Crippen molar-refractivity contribution in [1.82, 2.24) is 20.0 Å². The van der Waals surface area contributed by atoms with Gasteiger partial charge in [0.25, 0.3) is 0 Å². The number of hydrogen-bond donors (Lipinski definition) is 1. The highest BCUT2D eigenvalue weighted by Gasteiger charge is 2.30. The van der Waals surface area contributed by atoms with Gasteiger partial charge in [-0.05, 0) is 12.1 Å². The van der Waals surface area contributed by atoms with Crippen LogP contribution < -0.4 is 0 Å². The predicted octanol–water partition coefficient (Wildman–Crippen LogP) is 2.17. The molecule has 0 aliphatic carbocycles. The summed E-state index contributed by atoms with van der Waals surface area (Å²) in [6, 6.07) is 3.66. The minimum atomic E-state index is -0.661. The Hall–Kier alpha value is -2.48. The zero-order chi connectivity index (χ0) is 17.4. The number of urea groups is 1. The Morgan fingerprint density at radius 3 is 2.56 bits per heavy atom. The van der Waals surface area contributed by atoms with E-state index in [0.29, 0.717) is 44.8 Å². The monoisotopic (exact) mass is 348 g/mol. The number of nitrogens with one attached hydrogen (secondary N) is 1. The fourth-order valence-electron chi connectivity index (χ4n) is 3.34. The number of ether oxygens (including phenoxy) is 1. The van der Waals surface area contributed by atoms with Gasteiger partial charge in [0.15, 0.2) is 0 Å². The van der Waals surface area contributed by atoms with Crippen LogP contribution in [-0.4, -0.2) is 58.9 Å². The third-order valence-electron chi connectivity index (χ3n) is 4.69. The van der Waals surface area contributed by atoms with Crippen molar-refractivity contribution < 1.29 is 18.3 Å².